The molecule has 0 aliphatic heterocycles. The van der Waals surface area contributed by atoms with Gasteiger partial charge in [0.2, 0.25) is 0 Å². The van der Waals surface area contributed by atoms with Crippen molar-refractivity contribution in [3.8, 4) is 0 Å². The molecular formula is C15H22. The van der Waals surface area contributed by atoms with Gasteiger partial charge in [-0.05, 0) is 12.5 Å². The van der Waals surface area contributed by atoms with Crippen molar-refractivity contribution < 1.29 is 0 Å². The largest absolute Gasteiger partial charge is 0.0991 e. The molecule has 0 nitrogen and oxygen atoms in total. The van der Waals surface area contributed by atoms with E-state index in [1.165, 1.54) is 11.1 Å². The fourth-order valence-electron chi connectivity index (χ4n) is 1.97. The monoisotopic (exact) mass is 202 g/mol. The zero-order chi connectivity index (χ0) is 11.7. The summed E-state index contributed by atoms with van der Waals surface area (Å²) >= 11 is 0. The Balaban J connectivity index is 3.25. The minimum atomic E-state index is 0.138. The Morgan fingerprint density at radius 1 is 1.07 bits per heavy atom. The number of allylic oxidation sites excluding steroid dienone is 7. The molecule has 0 heteroatoms. The summed E-state index contributed by atoms with van der Waals surface area (Å²) in [6, 6.07) is 0. The second kappa shape index (κ2) is 3.84. The standard InChI is InChI=1S/C15H22/c1-7-8-9-13-12(2)14(3,4)10-11-15(13,5)6/h7-11H,1H2,2-6H3/b9-8-. The molecule has 0 saturated carbocycles. The van der Waals surface area contributed by atoms with Gasteiger partial charge in [-0.3, -0.25) is 0 Å². The molecule has 0 atom stereocenters. The maximum Gasteiger partial charge on any atom is 0.00754 e. The van der Waals surface area contributed by atoms with Crippen LogP contribution in [0.2, 0.25) is 0 Å². The number of hydrogen-bond donors (Lipinski definition) is 0. The molecule has 1 rings (SSSR count). The predicted molar refractivity (Wildman–Crippen MR) is 68.7 cm³/mol. The van der Waals surface area contributed by atoms with E-state index < -0.39 is 0 Å². The van der Waals surface area contributed by atoms with Crippen molar-refractivity contribution in [2.45, 2.75) is 34.6 Å². The van der Waals surface area contributed by atoms with Gasteiger partial charge in [-0.15, -0.1) is 0 Å². The minimum absolute atomic E-state index is 0.138. The molecule has 0 fully saturated rings. The summed E-state index contributed by atoms with van der Waals surface area (Å²) in [7, 11) is 0. The molecule has 15 heavy (non-hydrogen) atoms. The van der Waals surface area contributed by atoms with Crippen molar-refractivity contribution in [3.63, 3.8) is 0 Å². The number of rotatable bonds is 2. The molecule has 0 aromatic rings. The quantitative estimate of drug-likeness (QED) is 0.451. The molecular weight excluding hydrogens is 180 g/mol. The van der Waals surface area contributed by atoms with Crippen LogP contribution in [-0.2, 0) is 0 Å². The lowest BCUT2D eigenvalue weighted by Crippen LogP contribution is -2.24. The molecule has 0 spiro atoms. The summed E-state index contributed by atoms with van der Waals surface area (Å²) in [6.07, 6.45) is 10.7. The summed E-state index contributed by atoms with van der Waals surface area (Å²) in [6.45, 7) is 15.0. The molecule has 0 heterocycles. The van der Waals surface area contributed by atoms with Crippen LogP contribution in [0.5, 0.6) is 0 Å². The van der Waals surface area contributed by atoms with Gasteiger partial charge in [0.1, 0.15) is 0 Å². The van der Waals surface area contributed by atoms with Crippen molar-refractivity contribution >= 4 is 0 Å². The van der Waals surface area contributed by atoms with E-state index in [4.69, 9.17) is 0 Å². The van der Waals surface area contributed by atoms with Gasteiger partial charge >= 0.3 is 0 Å². The highest BCUT2D eigenvalue weighted by Gasteiger charge is 2.31. The van der Waals surface area contributed by atoms with E-state index in [0.717, 1.165) is 0 Å². The minimum Gasteiger partial charge on any atom is -0.0991 e. The van der Waals surface area contributed by atoms with E-state index in [9.17, 15) is 0 Å². The highest BCUT2D eigenvalue weighted by molar-refractivity contribution is 5.43. The summed E-state index contributed by atoms with van der Waals surface area (Å²) in [5, 5.41) is 0. The van der Waals surface area contributed by atoms with Crippen molar-refractivity contribution in [3.05, 3.63) is 48.1 Å². The van der Waals surface area contributed by atoms with Gasteiger partial charge in [-0.25, -0.2) is 0 Å². The SMILES string of the molecule is C=C/C=C\C1=C(C)C(C)(C)C=CC1(C)C. The first kappa shape index (κ1) is 12.0. The Morgan fingerprint density at radius 2 is 1.60 bits per heavy atom. The Hall–Kier alpha value is -1.04. The fourth-order valence-corrected chi connectivity index (χ4v) is 1.97. The van der Waals surface area contributed by atoms with Crippen molar-refractivity contribution in [1.82, 2.24) is 0 Å². The lowest BCUT2D eigenvalue weighted by Gasteiger charge is -2.36. The Kier molecular flexibility index (Phi) is 3.08. The van der Waals surface area contributed by atoms with Crippen LogP contribution >= 0.6 is 0 Å². The Bertz CT molecular complexity index is 346. The van der Waals surface area contributed by atoms with Crippen LogP contribution in [0, 0.1) is 10.8 Å². The van der Waals surface area contributed by atoms with E-state index in [0.29, 0.717) is 0 Å². The van der Waals surface area contributed by atoms with Crippen molar-refractivity contribution in [2.24, 2.45) is 10.8 Å². The van der Waals surface area contributed by atoms with Gasteiger partial charge in [0.15, 0.2) is 0 Å². The van der Waals surface area contributed by atoms with Crippen molar-refractivity contribution in [1.29, 1.82) is 0 Å². The highest BCUT2D eigenvalue weighted by atomic mass is 14.3. The van der Waals surface area contributed by atoms with E-state index in [2.05, 4.69) is 59.4 Å². The first-order chi connectivity index (χ1) is 6.81. The average Bonchev–Trinajstić information content (AvgIpc) is 2.13. The van der Waals surface area contributed by atoms with Gasteiger partial charge in [0.05, 0.1) is 0 Å². The maximum absolute atomic E-state index is 3.73. The molecule has 1 aliphatic rings. The van der Waals surface area contributed by atoms with Crippen LogP contribution in [0.25, 0.3) is 0 Å². The lowest BCUT2D eigenvalue weighted by atomic mass is 9.68. The normalized spacial score (nSPS) is 23.5. The molecule has 0 unspecified atom stereocenters. The van der Waals surface area contributed by atoms with Gasteiger partial charge in [-0.2, -0.15) is 0 Å². The van der Waals surface area contributed by atoms with Crippen LogP contribution in [0.15, 0.2) is 48.1 Å². The Morgan fingerprint density at radius 3 is 2.13 bits per heavy atom. The van der Waals surface area contributed by atoms with Crippen LogP contribution in [-0.4, -0.2) is 0 Å². The second-order valence-corrected chi connectivity index (χ2v) is 5.41. The van der Waals surface area contributed by atoms with Crippen LogP contribution in [0.4, 0.5) is 0 Å². The first-order valence-electron chi connectivity index (χ1n) is 5.52. The van der Waals surface area contributed by atoms with Gasteiger partial charge in [0, 0.05) is 10.8 Å². The van der Waals surface area contributed by atoms with Gasteiger partial charge in [-0.1, -0.05) is 70.2 Å². The molecule has 0 aromatic heterocycles. The van der Waals surface area contributed by atoms with E-state index in [-0.39, 0.29) is 10.8 Å². The summed E-state index contributed by atoms with van der Waals surface area (Å²) in [4.78, 5) is 0. The van der Waals surface area contributed by atoms with E-state index >= 15 is 0 Å². The van der Waals surface area contributed by atoms with Crippen LogP contribution in [0.3, 0.4) is 0 Å². The topological polar surface area (TPSA) is 0 Å². The summed E-state index contributed by atoms with van der Waals surface area (Å²) < 4.78 is 0. The second-order valence-electron chi connectivity index (χ2n) is 5.41. The third-order valence-electron chi connectivity index (χ3n) is 3.38. The number of hydrogen-bond acceptors (Lipinski definition) is 0. The first-order valence-corrected chi connectivity index (χ1v) is 5.52. The zero-order valence-electron chi connectivity index (χ0n) is 10.6. The molecule has 0 saturated heterocycles. The fraction of sp³-hybridized carbons (Fsp3) is 0.467. The molecule has 0 bridgehead atoms. The van der Waals surface area contributed by atoms with Gasteiger partial charge in [0.25, 0.3) is 0 Å². The zero-order valence-corrected chi connectivity index (χ0v) is 10.6. The third kappa shape index (κ3) is 2.31. The third-order valence-corrected chi connectivity index (χ3v) is 3.38. The average molecular weight is 202 g/mol. The van der Waals surface area contributed by atoms with E-state index in [1.807, 2.05) is 12.2 Å². The molecule has 0 amide bonds. The molecule has 82 valence electrons. The molecule has 1 aliphatic carbocycles. The molecule has 0 N–H and O–H groups in total. The maximum atomic E-state index is 3.73. The van der Waals surface area contributed by atoms with E-state index in [1.54, 1.807) is 0 Å². The van der Waals surface area contributed by atoms with Gasteiger partial charge < -0.3 is 0 Å². The Labute approximate surface area is 94.1 Å². The summed E-state index contributed by atoms with van der Waals surface area (Å²) in [5.41, 5.74) is 3.18. The molecule has 0 aromatic carbocycles. The summed E-state index contributed by atoms with van der Waals surface area (Å²) in [5.74, 6) is 0. The van der Waals surface area contributed by atoms with Crippen molar-refractivity contribution in [2.75, 3.05) is 0 Å². The smallest absolute Gasteiger partial charge is 0.00754 e. The van der Waals surface area contributed by atoms with Crippen LogP contribution < -0.4 is 0 Å². The van der Waals surface area contributed by atoms with Crippen LogP contribution in [0.1, 0.15) is 34.6 Å². The molecule has 0 radical (unpaired) electrons. The highest BCUT2D eigenvalue weighted by Crippen LogP contribution is 2.44. The predicted octanol–water partition coefficient (Wildman–Crippen LogP) is 4.67. The lowest BCUT2D eigenvalue weighted by molar-refractivity contribution is 0.485.